The molecule has 1 heterocycles. The third-order valence-electron chi connectivity index (χ3n) is 4.88. The lowest BCUT2D eigenvalue weighted by atomic mass is 9.92. The van der Waals surface area contributed by atoms with Crippen molar-refractivity contribution < 1.29 is 5.11 Å². The lowest BCUT2D eigenvalue weighted by Crippen LogP contribution is -2.05. The molecular formula is C22H17N3O. The fraction of sp³-hybridized carbons (Fsp3) is 0.0909. The van der Waals surface area contributed by atoms with Crippen molar-refractivity contribution in [2.75, 3.05) is 0 Å². The predicted molar refractivity (Wildman–Crippen MR) is 103 cm³/mol. The molecule has 26 heavy (non-hydrogen) atoms. The first kappa shape index (κ1) is 14.9. The molecule has 0 atom stereocenters. The minimum atomic E-state index is 0.0630. The van der Waals surface area contributed by atoms with Gasteiger partial charge < -0.3 is 5.11 Å². The van der Waals surface area contributed by atoms with Gasteiger partial charge >= 0.3 is 0 Å². The molecule has 0 fully saturated rings. The summed E-state index contributed by atoms with van der Waals surface area (Å²) < 4.78 is 0. The summed E-state index contributed by atoms with van der Waals surface area (Å²) in [6, 6.07) is 11.8. The third kappa shape index (κ3) is 2.39. The molecule has 2 aliphatic carbocycles. The molecule has 2 aliphatic rings. The van der Waals surface area contributed by atoms with Crippen LogP contribution in [-0.4, -0.2) is 20.1 Å². The number of hydrogen-bond acceptors (Lipinski definition) is 3. The van der Waals surface area contributed by atoms with Gasteiger partial charge in [0.15, 0.2) is 0 Å². The maximum atomic E-state index is 11.0. The summed E-state index contributed by atoms with van der Waals surface area (Å²) in [5.41, 5.74) is 4.21. The number of phenolic OH excluding ortho intramolecular Hbond substituents is 1. The van der Waals surface area contributed by atoms with Gasteiger partial charge in [0.25, 0.3) is 0 Å². The smallest absolute Gasteiger partial charge is 0.147 e. The number of hydrogen-bond donors (Lipinski definition) is 1. The van der Waals surface area contributed by atoms with Crippen LogP contribution in [0.1, 0.15) is 23.0 Å². The molecule has 0 unspecified atom stereocenters. The Morgan fingerprint density at radius 2 is 1.35 bits per heavy atom. The van der Waals surface area contributed by atoms with E-state index in [0.29, 0.717) is 5.69 Å². The Morgan fingerprint density at radius 3 is 1.96 bits per heavy atom. The Bertz CT molecular complexity index is 1060. The zero-order chi connectivity index (χ0) is 17.5. The summed E-state index contributed by atoms with van der Waals surface area (Å²) in [6.45, 7) is 0. The van der Waals surface area contributed by atoms with Gasteiger partial charge in [-0.15, -0.1) is 15.0 Å². The third-order valence-corrected chi connectivity index (χ3v) is 4.88. The van der Waals surface area contributed by atoms with Crippen molar-refractivity contribution in [2.24, 2.45) is 0 Å². The van der Waals surface area contributed by atoms with Crippen molar-refractivity contribution in [1.29, 1.82) is 0 Å². The normalized spacial score (nSPS) is 16.5. The lowest BCUT2D eigenvalue weighted by molar-refractivity contribution is 0.460. The molecule has 1 N–H and O–H groups in total. The van der Waals surface area contributed by atoms with Gasteiger partial charge in [0.1, 0.15) is 22.5 Å². The summed E-state index contributed by atoms with van der Waals surface area (Å²) in [5.74, 6) is 0.488. The van der Waals surface area contributed by atoms with Gasteiger partial charge in [-0.1, -0.05) is 66.8 Å². The van der Waals surface area contributed by atoms with E-state index in [1.165, 1.54) is 4.80 Å². The van der Waals surface area contributed by atoms with E-state index in [2.05, 4.69) is 40.6 Å². The number of aromatic nitrogens is 3. The molecule has 0 saturated carbocycles. The summed E-state index contributed by atoms with van der Waals surface area (Å²) in [7, 11) is 0. The van der Waals surface area contributed by atoms with Crippen LogP contribution in [0.5, 0.6) is 5.75 Å². The SMILES string of the molecule is Oc1c(C2C=CC=C2)cc(C2C=CC=C2)cc1-n1nc2ccccc2n1. The molecule has 0 bridgehead atoms. The van der Waals surface area contributed by atoms with Crippen LogP contribution in [0.4, 0.5) is 0 Å². The number of nitrogens with zero attached hydrogens (tertiary/aromatic N) is 3. The van der Waals surface area contributed by atoms with Crippen molar-refractivity contribution in [3.05, 3.63) is 96.1 Å². The van der Waals surface area contributed by atoms with Gasteiger partial charge in [-0.25, -0.2) is 0 Å². The minimum absolute atomic E-state index is 0.0630. The molecule has 0 saturated heterocycles. The molecular weight excluding hydrogens is 322 g/mol. The fourth-order valence-corrected chi connectivity index (χ4v) is 3.52. The first-order chi connectivity index (χ1) is 12.8. The van der Waals surface area contributed by atoms with Crippen LogP contribution in [0.2, 0.25) is 0 Å². The van der Waals surface area contributed by atoms with Crippen LogP contribution in [0, 0.1) is 0 Å². The van der Waals surface area contributed by atoms with Crippen LogP contribution in [0.15, 0.2) is 85.0 Å². The number of aromatic hydroxyl groups is 1. The van der Waals surface area contributed by atoms with Crippen LogP contribution >= 0.6 is 0 Å². The number of benzene rings is 2. The van der Waals surface area contributed by atoms with Crippen LogP contribution < -0.4 is 0 Å². The Kier molecular flexibility index (Phi) is 3.35. The van der Waals surface area contributed by atoms with E-state index < -0.39 is 0 Å². The maximum Gasteiger partial charge on any atom is 0.147 e. The van der Waals surface area contributed by atoms with Crippen molar-refractivity contribution >= 4 is 11.0 Å². The van der Waals surface area contributed by atoms with Crippen molar-refractivity contribution in [1.82, 2.24) is 15.0 Å². The van der Waals surface area contributed by atoms with Crippen molar-refractivity contribution in [2.45, 2.75) is 11.8 Å². The van der Waals surface area contributed by atoms with E-state index >= 15 is 0 Å². The Hall–Kier alpha value is -3.40. The lowest BCUT2D eigenvalue weighted by Gasteiger charge is -2.17. The average molecular weight is 339 g/mol. The molecule has 0 amide bonds. The highest BCUT2D eigenvalue weighted by Gasteiger charge is 2.21. The second kappa shape index (κ2) is 5.85. The van der Waals surface area contributed by atoms with Crippen molar-refractivity contribution in [3.63, 3.8) is 0 Å². The molecule has 0 aliphatic heterocycles. The van der Waals surface area contributed by atoms with Gasteiger partial charge in [0.05, 0.1) is 0 Å². The average Bonchev–Trinajstić information content (AvgIpc) is 3.41. The number of allylic oxidation sites excluding steroid dienone is 8. The molecule has 5 rings (SSSR count). The summed E-state index contributed by atoms with van der Waals surface area (Å²) >= 11 is 0. The van der Waals surface area contributed by atoms with Gasteiger partial charge in [-0.3, -0.25) is 0 Å². The zero-order valence-electron chi connectivity index (χ0n) is 14.0. The summed E-state index contributed by atoms with van der Waals surface area (Å²) in [5, 5.41) is 20.1. The molecule has 0 spiro atoms. The van der Waals surface area contributed by atoms with Gasteiger partial charge in [-0.05, 0) is 23.8 Å². The van der Waals surface area contributed by atoms with Crippen LogP contribution in [0.25, 0.3) is 16.7 Å². The highest BCUT2D eigenvalue weighted by Crippen LogP contribution is 2.38. The maximum absolute atomic E-state index is 11.0. The van der Waals surface area contributed by atoms with Crippen LogP contribution in [-0.2, 0) is 0 Å². The fourth-order valence-electron chi connectivity index (χ4n) is 3.52. The summed E-state index contributed by atoms with van der Waals surface area (Å²) in [6.07, 6.45) is 16.6. The molecule has 2 aromatic carbocycles. The molecule has 3 aromatic rings. The van der Waals surface area contributed by atoms with E-state index in [-0.39, 0.29) is 17.6 Å². The molecule has 0 radical (unpaired) electrons. The first-order valence-electron chi connectivity index (χ1n) is 8.69. The predicted octanol–water partition coefficient (Wildman–Crippen LogP) is 4.55. The monoisotopic (exact) mass is 339 g/mol. The van der Waals surface area contributed by atoms with E-state index in [1.807, 2.05) is 54.6 Å². The second-order valence-electron chi connectivity index (χ2n) is 6.55. The number of fused-ring (bicyclic) bond motifs is 1. The second-order valence-corrected chi connectivity index (χ2v) is 6.55. The molecule has 4 heteroatoms. The van der Waals surface area contributed by atoms with Gasteiger partial charge in [0.2, 0.25) is 0 Å². The van der Waals surface area contributed by atoms with Crippen LogP contribution in [0.3, 0.4) is 0 Å². The van der Waals surface area contributed by atoms with Crippen molar-refractivity contribution in [3.8, 4) is 11.4 Å². The summed E-state index contributed by atoms with van der Waals surface area (Å²) in [4.78, 5) is 1.54. The standard InChI is InChI=1S/C22H17N3O/c26-22-18(16-9-3-4-10-16)13-17(15-7-1-2-8-15)14-21(22)25-23-19-11-5-6-12-20(19)24-25/h1-16,26H. The van der Waals surface area contributed by atoms with Gasteiger partial charge in [0, 0.05) is 17.4 Å². The zero-order valence-corrected chi connectivity index (χ0v) is 14.0. The van der Waals surface area contributed by atoms with E-state index in [9.17, 15) is 5.11 Å². The highest BCUT2D eigenvalue weighted by atomic mass is 16.3. The number of phenols is 1. The van der Waals surface area contributed by atoms with E-state index in [0.717, 1.165) is 22.2 Å². The van der Waals surface area contributed by atoms with E-state index in [1.54, 1.807) is 0 Å². The first-order valence-corrected chi connectivity index (χ1v) is 8.69. The molecule has 126 valence electrons. The topological polar surface area (TPSA) is 50.9 Å². The molecule has 1 aromatic heterocycles. The minimum Gasteiger partial charge on any atom is -0.505 e. The van der Waals surface area contributed by atoms with Gasteiger partial charge in [-0.2, -0.15) is 0 Å². The van der Waals surface area contributed by atoms with E-state index in [4.69, 9.17) is 0 Å². The molecule has 4 nitrogen and oxygen atoms in total. The Labute approximate surface area is 151 Å². The number of rotatable bonds is 3. The highest BCUT2D eigenvalue weighted by molar-refractivity contribution is 5.74. The quantitative estimate of drug-likeness (QED) is 0.762. The Morgan fingerprint density at radius 1 is 0.769 bits per heavy atom. The Balaban J connectivity index is 1.72. The largest absolute Gasteiger partial charge is 0.505 e.